The number of halogens is 1. The van der Waals surface area contributed by atoms with E-state index in [-0.39, 0.29) is 29.9 Å². The van der Waals surface area contributed by atoms with Crippen molar-refractivity contribution in [1.29, 1.82) is 0 Å². The van der Waals surface area contributed by atoms with E-state index in [2.05, 4.69) is 0 Å². The number of ether oxygens (including phenoxy) is 1. The van der Waals surface area contributed by atoms with E-state index in [1.165, 1.54) is 17.0 Å². The molecule has 0 radical (unpaired) electrons. The second kappa shape index (κ2) is 6.86. The normalized spacial score (nSPS) is 18.5. The average molecular weight is 347 g/mol. The van der Waals surface area contributed by atoms with E-state index in [0.29, 0.717) is 12.0 Å². The molecule has 5 nitrogen and oxygen atoms in total. The van der Waals surface area contributed by atoms with Crippen molar-refractivity contribution in [3.05, 3.63) is 41.4 Å². The van der Waals surface area contributed by atoms with E-state index < -0.39 is 23.7 Å². The first-order valence-corrected chi connectivity index (χ1v) is 8.57. The molecule has 0 saturated heterocycles. The molecular formula is C19H22FNO4. The van der Waals surface area contributed by atoms with Gasteiger partial charge in [-0.1, -0.05) is 26.0 Å². The summed E-state index contributed by atoms with van der Waals surface area (Å²) in [6.07, 6.45) is 3.56. The first kappa shape index (κ1) is 17.5. The molecule has 1 N–H and O–H groups in total. The summed E-state index contributed by atoms with van der Waals surface area (Å²) < 4.78 is 20.1. The largest absolute Gasteiger partial charge is 0.480 e. The summed E-state index contributed by atoms with van der Waals surface area (Å²) in [7, 11) is 0. The minimum atomic E-state index is -1.04. The molecule has 1 saturated carbocycles. The van der Waals surface area contributed by atoms with Crippen LogP contribution >= 0.6 is 0 Å². The fraction of sp³-hybridized carbons (Fsp3) is 0.474. The summed E-state index contributed by atoms with van der Waals surface area (Å²) in [5.41, 5.74) is 0.641. The van der Waals surface area contributed by atoms with Gasteiger partial charge in [-0.05, 0) is 42.7 Å². The molecule has 1 aliphatic heterocycles. The predicted octanol–water partition coefficient (Wildman–Crippen LogP) is 3.31. The van der Waals surface area contributed by atoms with Crippen LogP contribution in [0.2, 0.25) is 0 Å². The number of carbonyl (C=O) groups excluding carboxylic acids is 1. The smallest absolute Gasteiger partial charge is 0.326 e. The molecule has 1 atom stereocenters. The molecule has 6 heteroatoms. The second-order valence-corrected chi connectivity index (χ2v) is 7.10. The zero-order valence-corrected chi connectivity index (χ0v) is 14.4. The van der Waals surface area contributed by atoms with Gasteiger partial charge in [-0.3, -0.25) is 4.79 Å². The molecule has 0 unspecified atom stereocenters. The number of carboxylic acid groups (broad SMARTS) is 1. The van der Waals surface area contributed by atoms with Crippen LogP contribution in [0.3, 0.4) is 0 Å². The molecular weight excluding hydrogens is 325 g/mol. The summed E-state index contributed by atoms with van der Waals surface area (Å²) in [4.78, 5) is 24.9. The van der Waals surface area contributed by atoms with Gasteiger partial charge < -0.3 is 14.7 Å². The molecule has 1 aromatic carbocycles. The molecule has 1 fully saturated rings. The summed E-state index contributed by atoms with van der Waals surface area (Å²) in [6, 6.07) is 4.11. The van der Waals surface area contributed by atoms with Crippen LogP contribution in [0.25, 0.3) is 0 Å². The highest BCUT2D eigenvalue weighted by molar-refractivity contribution is 5.94. The first-order valence-electron chi connectivity index (χ1n) is 8.57. The van der Waals surface area contributed by atoms with Gasteiger partial charge in [-0.15, -0.1) is 0 Å². The highest BCUT2D eigenvalue weighted by atomic mass is 19.1. The SMILES string of the molecule is CC(C)C[C@@H](C(=O)O)N1CC(Oc2cccc(C3CC3)c2F)=CC1=O. The molecule has 1 amide bonds. The lowest BCUT2D eigenvalue weighted by atomic mass is 10.0. The Morgan fingerprint density at radius 3 is 2.72 bits per heavy atom. The Kier molecular flexibility index (Phi) is 4.79. The van der Waals surface area contributed by atoms with Crippen LogP contribution in [-0.2, 0) is 9.59 Å². The van der Waals surface area contributed by atoms with Crippen molar-refractivity contribution in [3.8, 4) is 5.75 Å². The third-order valence-corrected chi connectivity index (χ3v) is 4.50. The quantitative estimate of drug-likeness (QED) is 0.822. The van der Waals surface area contributed by atoms with Gasteiger partial charge in [0.05, 0.1) is 6.54 Å². The molecule has 25 heavy (non-hydrogen) atoms. The number of rotatable bonds is 7. The Bertz CT molecular complexity index is 724. The number of aliphatic carboxylic acids is 1. The minimum absolute atomic E-state index is 0.0373. The Hall–Kier alpha value is -2.37. The summed E-state index contributed by atoms with van der Waals surface area (Å²) in [6.45, 7) is 3.84. The average Bonchev–Trinajstić information content (AvgIpc) is 3.31. The van der Waals surface area contributed by atoms with Gasteiger partial charge in [-0.2, -0.15) is 0 Å². The van der Waals surface area contributed by atoms with Crippen LogP contribution in [-0.4, -0.2) is 34.5 Å². The van der Waals surface area contributed by atoms with Gasteiger partial charge in [-0.25, -0.2) is 9.18 Å². The van der Waals surface area contributed by atoms with Gasteiger partial charge >= 0.3 is 5.97 Å². The molecule has 1 heterocycles. The third kappa shape index (κ3) is 3.83. The van der Waals surface area contributed by atoms with E-state index in [0.717, 1.165) is 12.8 Å². The Balaban J connectivity index is 1.73. The molecule has 1 aliphatic carbocycles. The lowest BCUT2D eigenvalue weighted by Crippen LogP contribution is -2.43. The fourth-order valence-electron chi connectivity index (χ4n) is 3.10. The molecule has 0 spiro atoms. The number of hydrogen-bond acceptors (Lipinski definition) is 3. The molecule has 0 aromatic heterocycles. The van der Waals surface area contributed by atoms with Crippen molar-refractivity contribution in [2.75, 3.05) is 6.54 Å². The number of hydrogen-bond donors (Lipinski definition) is 1. The highest BCUT2D eigenvalue weighted by Crippen LogP contribution is 2.43. The van der Waals surface area contributed by atoms with E-state index >= 15 is 0 Å². The van der Waals surface area contributed by atoms with Crippen LogP contribution in [0, 0.1) is 11.7 Å². The molecule has 2 aliphatic rings. The summed E-state index contributed by atoms with van der Waals surface area (Å²) in [5.74, 6) is -1.12. The third-order valence-electron chi connectivity index (χ3n) is 4.50. The molecule has 1 aromatic rings. The van der Waals surface area contributed by atoms with Crippen LogP contribution in [0.5, 0.6) is 5.75 Å². The standard InChI is InChI=1S/C19H22FNO4/c1-11(2)8-15(19(23)24)21-10-13(9-17(21)22)25-16-5-3-4-14(18(16)20)12-6-7-12/h3-5,9,11-12,15H,6-8,10H2,1-2H3,(H,23,24)/t15-/m0/s1. The maximum absolute atomic E-state index is 14.5. The number of carboxylic acids is 1. The van der Waals surface area contributed by atoms with E-state index in [1.807, 2.05) is 13.8 Å². The highest BCUT2D eigenvalue weighted by Gasteiger charge is 2.35. The van der Waals surface area contributed by atoms with E-state index in [9.17, 15) is 19.1 Å². The van der Waals surface area contributed by atoms with Crippen molar-refractivity contribution >= 4 is 11.9 Å². The van der Waals surface area contributed by atoms with Crippen molar-refractivity contribution in [1.82, 2.24) is 4.90 Å². The number of carbonyl (C=O) groups is 2. The lowest BCUT2D eigenvalue weighted by molar-refractivity contribution is -0.148. The lowest BCUT2D eigenvalue weighted by Gasteiger charge is -2.25. The molecule has 134 valence electrons. The summed E-state index contributed by atoms with van der Waals surface area (Å²) >= 11 is 0. The topological polar surface area (TPSA) is 66.8 Å². The van der Waals surface area contributed by atoms with Crippen LogP contribution in [0.15, 0.2) is 30.0 Å². The van der Waals surface area contributed by atoms with Gasteiger partial charge in [0, 0.05) is 6.08 Å². The predicted molar refractivity (Wildman–Crippen MR) is 89.7 cm³/mol. The van der Waals surface area contributed by atoms with Gasteiger partial charge in [0.15, 0.2) is 11.6 Å². The Morgan fingerprint density at radius 1 is 1.40 bits per heavy atom. The van der Waals surface area contributed by atoms with E-state index in [1.54, 1.807) is 12.1 Å². The maximum Gasteiger partial charge on any atom is 0.326 e. The molecule has 3 rings (SSSR count). The van der Waals surface area contributed by atoms with Crippen LogP contribution < -0.4 is 4.74 Å². The zero-order valence-electron chi connectivity index (χ0n) is 14.4. The maximum atomic E-state index is 14.5. The van der Waals surface area contributed by atoms with Crippen LogP contribution in [0.1, 0.15) is 44.6 Å². The number of amides is 1. The van der Waals surface area contributed by atoms with Crippen molar-refractivity contribution < 1.29 is 23.8 Å². The van der Waals surface area contributed by atoms with Gasteiger partial charge in [0.1, 0.15) is 11.8 Å². The second-order valence-electron chi connectivity index (χ2n) is 7.10. The summed E-state index contributed by atoms with van der Waals surface area (Å²) in [5, 5.41) is 9.41. The minimum Gasteiger partial charge on any atom is -0.480 e. The zero-order chi connectivity index (χ0) is 18.1. The monoisotopic (exact) mass is 347 g/mol. The fourth-order valence-corrected chi connectivity index (χ4v) is 3.10. The van der Waals surface area contributed by atoms with E-state index in [4.69, 9.17) is 4.74 Å². The van der Waals surface area contributed by atoms with Crippen molar-refractivity contribution in [3.63, 3.8) is 0 Å². The Labute approximate surface area is 146 Å². The van der Waals surface area contributed by atoms with Crippen molar-refractivity contribution in [2.24, 2.45) is 5.92 Å². The van der Waals surface area contributed by atoms with Gasteiger partial charge in [0.25, 0.3) is 5.91 Å². The molecule has 0 bridgehead atoms. The van der Waals surface area contributed by atoms with Crippen LogP contribution in [0.4, 0.5) is 4.39 Å². The number of nitrogens with zero attached hydrogens (tertiary/aromatic N) is 1. The number of benzene rings is 1. The Morgan fingerprint density at radius 2 is 2.12 bits per heavy atom. The first-order chi connectivity index (χ1) is 11.9. The van der Waals surface area contributed by atoms with Gasteiger partial charge in [0.2, 0.25) is 0 Å². The van der Waals surface area contributed by atoms with Crippen molar-refractivity contribution in [2.45, 2.75) is 45.1 Å².